The standard InChI is InChI=1S/C16H18O3S/c1-3-6-13-11-14(9-10-15(13)17)20(18,19)16-8-5-4-7-12(16)2/h4-5,7-11,17H,3,6H2,1-2H3. The smallest absolute Gasteiger partial charge is 0.206 e. The van der Waals surface area contributed by atoms with Gasteiger partial charge in [0.05, 0.1) is 9.79 Å². The normalized spacial score (nSPS) is 11.5. The van der Waals surface area contributed by atoms with E-state index in [0.717, 1.165) is 12.0 Å². The topological polar surface area (TPSA) is 54.4 Å². The molecule has 0 heterocycles. The zero-order chi connectivity index (χ0) is 14.8. The largest absolute Gasteiger partial charge is 0.508 e. The maximum absolute atomic E-state index is 12.6. The molecule has 0 spiro atoms. The molecule has 0 atom stereocenters. The predicted octanol–water partition coefficient (Wildman–Crippen LogP) is 3.49. The fourth-order valence-electron chi connectivity index (χ4n) is 2.18. The van der Waals surface area contributed by atoms with Gasteiger partial charge in [0.1, 0.15) is 5.75 Å². The van der Waals surface area contributed by atoms with E-state index < -0.39 is 9.84 Å². The molecule has 2 aromatic rings. The van der Waals surface area contributed by atoms with Gasteiger partial charge in [0.25, 0.3) is 0 Å². The molecule has 3 nitrogen and oxygen atoms in total. The van der Waals surface area contributed by atoms with Crippen LogP contribution in [-0.2, 0) is 16.3 Å². The summed E-state index contributed by atoms with van der Waals surface area (Å²) >= 11 is 0. The Morgan fingerprint density at radius 2 is 1.80 bits per heavy atom. The zero-order valence-corrected chi connectivity index (χ0v) is 12.4. The van der Waals surface area contributed by atoms with Crippen molar-refractivity contribution in [2.45, 2.75) is 36.5 Å². The molecule has 0 unspecified atom stereocenters. The van der Waals surface area contributed by atoms with Crippen molar-refractivity contribution in [3.05, 3.63) is 53.6 Å². The molecular weight excluding hydrogens is 272 g/mol. The number of aryl methyl sites for hydroxylation is 2. The predicted molar refractivity (Wildman–Crippen MR) is 78.7 cm³/mol. The fraction of sp³-hybridized carbons (Fsp3) is 0.250. The summed E-state index contributed by atoms with van der Waals surface area (Å²) in [5, 5.41) is 9.76. The Bertz CT molecular complexity index is 718. The van der Waals surface area contributed by atoms with Gasteiger partial charge in [-0.25, -0.2) is 8.42 Å². The minimum atomic E-state index is -3.54. The number of hydrogen-bond acceptors (Lipinski definition) is 3. The zero-order valence-electron chi connectivity index (χ0n) is 11.6. The van der Waals surface area contributed by atoms with E-state index in [1.54, 1.807) is 31.2 Å². The first-order valence-corrected chi connectivity index (χ1v) is 8.07. The average Bonchev–Trinajstić information content (AvgIpc) is 2.41. The van der Waals surface area contributed by atoms with Crippen LogP contribution in [0.25, 0.3) is 0 Å². The summed E-state index contributed by atoms with van der Waals surface area (Å²) in [7, 11) is -3.54. The van der Waals surface area contributed by atoms with E-state index in [4.69, 9.17) is 0 Å². The van der Waals surface area contributed by atoms with Crippen LogP contribution >= 0.6 is 0 Å². The highest BCUT2D eigenvalue weighted by Crippen LogP contribution is 2.28. The van der Waals surface area contributed by atoms with Crippen LogP contribution in [0.3, 0.4) is 0 Å². The summed E-state index contributed by atoms with van der Waals surface area (Å²) in [6, 6.07) is 11.4. The van der Waals surface area contributed by atoms with Crippen LogP contribution in [0.4, 0.5) is 0 Å². The van der Waals surface area contributed by atoms with Gasteiger partial charge in [0.2, 0.25) is 9.84 Å². The summed E-state index contributed by atoms with van der Waals surface area (Å²) in [6.07, 6.45) is 1.50. The van der Waals surface area contributed by atoms with Gasteiger partial charge in [-0.05, 0) is 48.7 Å². The lowest BCUT2D eigenvalue weighted by Crippen LogP contribution is -2.04. The molecule has 0 saturated carbocycles. The number of benzene rings is 2. The monoisotopic (exact) mass is 290 g/mol. The van der Waals surface area contributed by atoms with Crippen molar-refractivity contribution < 1.29 is 13.5 Å². The maximum Gasteiger partial charge on any atom is 0.206 e. The summed E-state index contributed by atoms with van der Waals surface area (Å²) in [5.41, 5.74) is 1.39. The lowest BCUT2D eigenvalue weighted by molar-refractivity contribution is 0.467. The van der Waals surface area contributed by atoms with Gasteiger partial charge in [-0.2, -0.15) is 0 Å². The highest BCUT2D eigenvalue weighted by molar-refractivity contribution is 7.91. The molecule has 0 aliphatic carbocycles. The van der Waals surface area contributed by atoms with Crippen molar-refractivity contribution >= 4 is 9.84 Å². The third-order valence-electron chi connectivity index (χ3n) is 3.26. The summed E-state index contributed by atoms with van der Waals surface area (Å²) < 4.78 is 25.3. The van der Waals surface area contributed by atoms with Crippen LogP contribution in [0.5, 0.6) is 5.75 Å². The molecule has 2 rings (SSSR count). The third kappa shape index (κ3) is 2.70. The summed E-state index contributed by atoms with van der Waals surface area (Å²) in [5.74, 6) is 0.149. The molecule has 0 amide bonds. The highest BCUT2D eigenvalue weighted by Gasteiger charge is 2.20. The maximum atomic E-state index is 12.6. The van der Waals surface area contributed by atoms with Crippen molar-refractivity contribution in [3.8, 4) is 5.75 Å². The van der Waals surface area contributed by atoms with Crippen molar-refractivity contribution in [2.24, 2.45) is 0 Å². The van der Waals surface area contributed by atoms with Gasteiger partial charge < -0.3 is 5.11 Å². The molecule has 0 saturated heterocycles. The first-order chi connectivity index (χ1) is 9.46. The molecule has 0 fully saturated rings. The molecule has 2 aromatic carbocycles. The van der Waals surface area contributed by atoms with Gasteiger partial charge in [0, 0.05) is 0 Å². The third-order valence-corrected chi connectivity index (χ3v) is 5.18. The molecule has 4 heteroatoms. The molecule has 106 valence electrons. The van der Waals surface area contributed by atoms with Crippen LogP contribution in [0.15, 0.2) is 52.3 Å². The van der Waals surface area contributed by atoms with Gasteiger partial charge in [-0.1, -0.05) is 31.5 Å². The van der Waals surface area contributed by atoms with Crippen LogP contribution in [0, 0.1) is 6.92 Å². The van der Waals surface area contributed by atoms with E-state index in [9.17, 15) is 13.5 Å². The quantitative estimate of drug-likeness (QED) is 0.937. The Hall–Kier alpha value is -1.81. The Morgan fingerprint density at radius 3 is 2.45 bits per heavy atom. The number of phenolic OH excluding ortho intramolecular Hbond substituents is 1. The number of hydrogen-bond donors (Lipinski definition) is 1. The Kier molecular flexibility index (Phi) is 4.14. The minimum Gasteiger partial charge on any atom is -0.508 e. The molecule has 20 heavy (non-hydrogen) atoms. The minimum absolute atomic E-state index is 0.149. The van der Waals surface area contributed by atoms with Gasteiger partial charge >= 0.3 is 0 Å². The Morgan fingerprint density at radius 1 is 1.10 bits per heavy atom. The van der Waals surface area contributed by atoms with Gasteiger partial charge in [-0.15, -0.1) is 0 Å². The number of aromatic hydroxyl groups is 1. The lowest BCUT2D eigenvalue weighted by Gasteiger charge is -2.10. The van der Waals surface area contributed by atoms with E-state index in [-0.39, 0.29) is 10.6 Å². The first-order valence-electron chi connectivity index (χ1n) is 6.59. The summed E-state index contributed by atoms with van der Waals surface area (Å²) in [4.78, 5) is 0.543. The SMILES string of the molecule is CCCc1cc(S(=O)(=O)c2ccccc2C)ccc1O. The molecule has 0 aliphatic heterocycles. The van der Waals surface area contributed by atoms with Crippen LogP contribution in [0.1, 0.15) is 24.5 Å². The molecule has 0 bridgehead atoms. The first kappa shape index (κ1) is 14.6. The van der Waals surface area contributed by atoms with Crippen molar-refractivity contribution in [1.82, 2.24) is 0 Å². The van der Waals surface area contributed by atoms with E-state index in [1.807, 2.05) is 13.0 Å². The number of sulfone groups is 1. The second kappa shape index (κ2) is 5.67. The van der Waals surface area contributed by atoms with Gasteiger partial charge in [-0.3, -0.25) is 0 Å². The van der Waals surface area contributed by atoms with E-state index in [1.165, 1.54) is 12.1 Å². The summed E-state index contributed by atoms with van der Waals surface area (Å²) in [6.45, 7) is 3.77. The lowest BCUT2D eigenvalue weighted by atomic mass is 10.1. The fourth-order valence-corrected chi connectivity index (χ4v) is 3.73. The number of rotatable bonds is 4. The molecular formula is C16H18O3S. The Balaban J connectivity index is 2.56. The van der Waals surface area contributed by atoms with Crippen LogP contribution in [-0.4, -0.2) is 13.5 Å². The van der Waals surface area contributed by atoms with Crippen LogP contribution in [0.2, 0.25) is 0 Å². The second-order valence-corrected chi connectivity index (χ2v) is 6.73. The van der Waals surface area contributed by atoms with E-state index in [2.05, 4.69) is 0 Å². The van der Waals surface area contributed by atoms with Gasteiger partial charge in [0.15, 0.2) is 0 Å². The van der Waals surface area contributed by atoms with Crippen molar-refractivity contribution in [1.29, 1.82) is 0 Å². The molecule has 0 aliphatic rings. The van der Waals surface area contributed by atoms with E-state index >= 15 is 0 Å². The highest BCUT2D eigenvalue weighted by atomic mass is 32.2. The van der Waals surface area contributed by atoms with E-state index in [0.29, 0.717) is 16.9 Å². The Labute approximate surface area is 119 Å². The second-order valence-electron chi connectivity index (χ2n) is 4.81. The number of phenols is 1. The van der Waals surface area contributed by atoms with Crippen molar-refractivity contribution in [2.75, 3.05) is 0 Å². The van der Waals surface area contributed by atoms with Crippen molar-refractivity contribution in [3.63, 3.8) is 0 Å². The molecule has 1 N–H and O–H groups in total. The van der Waals surface area contributed by atoms with Crippen LogP contribution < -0.4 is 0 Å². The molecule has 0 radical (unpaired) electrons. The molecule has 0 aromatic heterocycles. The average molecular weight is 290 g/mol.